The third kappa shape index (κ3) is 2.71. The topological polar surface area (TPSA) is 68.0 Å². The van der Waals surface area contributed by atoms with Crippen molar-refractivity contribution in [3.8, 4) is 0 Å². The van der Waals surface area contributed by atoms with Gasteiger partial charge in [-0.2, -0.15) is 0 Å². The van der Waals surface area contributed by atoms with E-state index in [1.807, 2.05) is 12.1 Å². The zero-order chi connectivity index (χ0) is 12.3. The number of nitrogens with two attached hydrogens (primary N) is 1. The number of carbonyl (C=O) groups is 1. The number of nitrogens with one attached hydrogen (secondary N) is 1. The largest absolute Gasteiger partial charge is 0.369 e. The lowest BCUT2D eigenvalue weighted by Crippen LogP contribution is -2.20. The number of hydrogen-bond donors (Lipinski definition) is 2. The molecule has 2 rings (SSSR count). The van der Waals surface area contributed by atoms with Gasteiger partial charge in [0, 0.05) is 12.7 Å². The molecule has 0 aromatic carbocycles. The van der Waals surface area contributed by atoms with E-state index >= 15 is 0 Å². The van der Waals surface area contributed by atoms with Crippen LogP contribution < -0.4 is 11.1 Å². The molecule has 1 amide bonds. The highest BCUT2D eigenvalue weighted by molar-refractivity contribution is 5.81. The van der Waals surface area contributed by atoms with Crippen LogP contribution in [-0.2, 0) is 4.79 Å². The molecule has 0 radical (unpaired) electrons. The second-order valence-electron chi connectivity index (χ2n) is 4.28. The van der Waals surface area contributed by atoms with Crippen molar-refractivity contribution in [3.05, 3.63) is 35.7 Å². The van der Waals surface area contributed by atoms with E-state index in [4.69, 9.17) is 5.73 Å². The number of rotatable bonds is 3. The number of hydrogen-bond acceptors (Lipinski definition) is 3. The second kappa shape index (κ2) is 5.10. The van der Waals surface area contributed by atoms with Gasteiger partial charge in [-0.1, -0.05) is 12.1 Å². The van der Waals surface area contributed by atoms with Crippen molar-refractivity contribution in [1.29, 1.82) is 0 Å². The van der Waals surface area contributed by atoms with Gasteiger partial charge in [0.15, 0.2) is 0 Å². The Morgan fingerprint density at radius 3 is 2.88 bits per heavy atom. The first-order chi connectivity index (χ1) is 8.18. The first-order valence-electron chi connectivity index (χ1n) is 5.84. The number of nitrogens with zero attached hydrogens (tertiary/aromatic N) is 1. The fourth-order valence-electron chi connectivity index (χ4n) is 1.87. The van der Waals surface area contributed by atoms with Gasteiger partial charge in [-0.3, -0.25) is 9.78 Å². The molecule has 0 saturated heterocycles. The zero-order valence-electron chi connectivity index (χ0n) is 9.94. The van der Waals surface area contributed by atoms with E-state index in [0.717, 1.165) is 30.8 Å². The SMILES string of the molecule is CC(C(N)=O)c1ccc(C2=CCNCC2)nc1. The van der Waals surface area contributed by atoms with Crippen LogP contribution in [0.4, 0.5) is 0 Å². The lowest BCUT2D eigenvalue weighted by Gasteiger charge is -2.14. The van der Waals surface area contributed by atoms with Gasteiger partial charge in [0.2, 0.25) is 5.91 Å². The Kier molecular flexibility index (Phi) is 3.54. The highest BCUT2D eigenvalue weighted by Crippen LogP contribution is 2.20. The predicted octanol–water partition coefficient (Wildman–Crippen LogP) is 1.05. The van der Waals surface area contributed by atoms with Crippen LogP contribution in [0.1, 0.15) is 30.5 Å². The molecule has 1 aromatic heterocycles. The van der Waals surface area contributed by atoms with Crippen molar-refractivity contribution in [2.45, 2.75) is 19.3 Å². The van der Waals surface area contributed by atoms with Crippen molar-refractivity contribution in [3.63, 3.8) is 0 Å². The van der Waals surface area contributed by atoms with Crippen molar-refractivity contribution in [1.82, 2.24) is 10.3 Å². The lowest BCUT2D eigenvalue weighted by atomic mass is 10.0. The third-order valence-corrected chi connectivity index (χ3v) is 3.11. The Labute approximate surface area is 101 Å². The van der Waals surface area contributed by atoms with Crippen molar-refractivity contribution in [2.24, 2.45) is 5.73 Å². The number of amides is 1. The summed E-state index contributed by atoms with van der Waals surface area (Å²) in [6.07, 6.45) is 4.90. The molecular weight excluding hydrogens is 214 g/mol. The van der Waals surface area contributed by atoms with Crippen LogP contribution in [0.15, 0.2) is 24.4 Å². The maximum atomic E-state index is 11.1. The zero-order valence-corrected chi connectivity index (χ0v) is 9.94. The lowest BCUT2D eigenvalue weighted by molar-refractivity contribution is -0.119. The predicted molar refractivity (Wildman–Crippen MR) is 67.3 cm³/mol. The molecule has 0 fully saturated rings. The molecule has 1 unspecified atom stereocenters. The third-order valence-electron chi connectivity index (χ3n) is 3.11. The maximum Gasteiger partial charge on any atom is 0.224 e. The molecule has 1 aliphatic heterocycles. The molecule has 0 spiro atoms. The van der Waals surface area contributed by atoms with Crippen LogP contribution in [-0.4, -0.2) is 24.0 Å². The number of primary amides is 1. The van der Waals surface area contributed by atoms with Crippen molar-refractivity contribution < 1.29 is 4.79 Å². The van der Waals surface area contributed by atoms with Crippen molar-refractivity contribution >= 4 is 11.5 Å². The van der Waals surface area contributed by atoms with Crippen LogP contribution in [0.3, 0.4) is 0 Å². The van der Waals surface area contributed by atoms with Gasteiger partial charge in [-0.15, -0.1) is 0 Å². The van der Waals surface area contributed by atoms with E-state index in [1.165, 1.54) is 5.57 Å². The molecule has 1 aromatic rings. The summed E-state index contributed by atoms with van der Waals surface area (Å²) in [4.78, 5) is 15.5. The summed E-state index contributed by atoms with van der Waals surface area (Å²) in [5, 5.41) is 3.26. The van der Waals surface area contributed by atoms with E-state index in [0.29, 0.717) is 0 Å². The fourth-order valence-corrected chi connectivity index (χ4v) is 1.87. The van der Waals surface area contributed by atoms with E-state index in [2.05, 4.69) is 16.4 Å². The Hall–Kier alpha value is -1.68. The Bertz CT molecular complexity index is 436. The van der Waals surface area contributed by atoms with E-state index in [-0.39, 0.29) is 11.8 Å². The minimum absolute atomic E-state index is 0.279. The molecule has 0 saturated carbocycles. The summed E-state index contributed by atoms with van der Waals surface area (Å²) >= 11 is 0. The van der Waals surface area contributed by atoms with Crippen molar-refractivity contribution in [2.75, 3.05) is 13.1 Å². The summed E-state index contributed by atoms with van der Waals surface area (Å²) in [5.41, 5.74) is 8.39. The van der Waals surface area contributed by atoms with Crippen LogP contribution >= 0.6 is 0 Å². The fraction of sp³-hybridized carbons (Fsp3) is 0.385. The van der Waals surface area contributed by atoms with E-state index in [9.17, 15) is 4.79 Å². The average molecular weight is 231 g/mol. The standard InChI is InChI=1S/C13H17N3O/c1-9(13(14)17)11-2-3-12(16-8-11)10-4-6-15-7-5-10/h2-4,8-9,15H,5-7H2,1H3,(H2,14,17). The summed E-state index contributed by atoms with van der Waals surface area (Å²) in [6.45, 7) is 3.69. The highest BCUT2D eigenvalue weighted by Gasteiger charge is 2.13. The first-order valence-corrected chi connectivity index (χ1v) is 5.84. The Balaban J connectivity index is 2.18. The Morgan fingerprint density at radius 1 is 1.53 bits per heavy atom. The van der Waals surface area contributed by atoms with Gasteiger partial charge in [-0.25, -0.2) is 0 Å². The summed E-state index contributed by atoms with van der Waals surface area (Å²) in [5.74, 6) is -0.598. The summed E-state index contributed by atoms with van der Waals surface area (Å²) in [6, 6.07) is 3.90. The highest BCUT2D eigenvalue weighted by atomic mass is 16.1. The van der Waals surface area contributed by atoms with Gasteiger partial charge >= 0.3 is 0 Å². The molecule has 0 bridgehead atoms. The van der Waals surface area contributed by atoms with Crippen LogP contribution in [0.25, 0.3) is 5.57 Å². The van der Waals surface area contributed by atoms with Gasteiger partial charge in [0.1, 0.15) is 0 Å². The molecule has 4 nitrogen and oxygen atoms in total. The van der Waals surface area contributed by atoms with E-state index in [1.54, 1.807) is 13.1 Å². The molecule has 90 valence electrons. The maximum absolute atomic E-state index is 11.1. The molecule has 1 aliphatic rings. The average Bonchev–Trinajstić information content (AvgIpc) is 2.39. The summed E-state index contributed by atoms with van der Waals surface area (Å²) in [7, 11) is 0. The number of pyridine rings is 1. The van der Waals surface area contributed by atoms with E-state index < -0.39 is 0 Å². The monoisotopic (exact) mass is 231 g/mol. The summed E-state index contributed by atoms with van der Waals surface area (Å²) < 4.78 is 0. The van der Waals surface area contributed by atoms with Gasteiger partial charge in [0.25, 0.3) is 0 Å². The Morgan fingerprint density at radius 2 is 2.35 bits per heavy atom. The van der Waals surface area contributed by atoms with Gasteiger partial charge in [0.05, 0.1) is 11.6 Å². The van der Waals surface area contributed by atoms with Crippen LogP contribution in [0.5, 0.6) is 0 Å². The van der Waals surface area contributed by atoms with Gasteiger partial charge < -0.3 is 11.1 Å². The minimum Gasteiger partial charge on any atom is -0.369 e. The molecule has 3 N–H and O–H groups in total. The van der Waals surface area contributed by atoms with Crippen LogP contribution in [0, 0.1) is 0 Å². The molecular formula is C13H17N3O. The smallest absolute Gasteiger partial charge is 0.224 e. The normalized spacial score (nSPS) is 17.4. The molecule has 0 aliphatic carbocycles. The van der Waals surface area contributed by atoms with Gasteiger partial charge in [-0.05, 0) is 37.1 Å². The second-order valence-corrected chi connectivity index (χ2v) is 4.28. The molecule has 2 heterocycles. The molecule has 4 heteroatoms. The quantitative estimate of drug-likeness (QED) is 0.817. The molecule has 17 heavy (non-hydrogen) atoms. The number of carbonyl (C=O) groups excluding carboxylic acids is 1. The molecule has 1 atom stereocenters. The minimum atomic E-state index is -0.319. The first kappa shape index (κ1) is 11.8. The number of aromatic nitrogens is 1. The van der Waals surface area contributed by atoms with Crippen LogP contribution in [0.2, 0.25) is 0 Å².